The van der Waals surface area contributed by atoms with Gasteiger partial charge in [0, 0.05) is 0 Å². The zero-order chi connectivity index (χ0) is 6.81. The largest absolute Gasteiger partial charge is 0.377 e. The van der Waals surface area contributed by atoms with Crippen LogP contribution in [0, 0.1) is 12.5 Å². The molecular formula is C9H11N. The van der Waals surface area contributed by atoms with E-state index in [4.69, 9.17) is 0 Å². The third-order valence-corrected chi connectivity index (χ3v) is 2.26. The molecule has 1 fully saturated rings. The smallest absolute Gasteiger partial charge is 0.115 e. The van der Waals surface area contributed by atoms with Gasteiger partial charge >= 0.3 is 0 Å². The highest BCUT2D eigenvalue weighted by Crippen LogP contribution is 2.34. The highest BCUT2D eigenvalue weighted by atomic mass is 14.8. The van der Waals surface area contributed by atoms with E-state index in [1.807, 2.05) is 6.20 Å². The SMILES string of the molecule is [C]1C=C(C2CCC2)C=CN1. The summed E-state index contributed by atoms with van der Waals surface area (Å²) in [7, 11) is 0. The fourth-order valence-corrected chi connectivity index (χ4v) is 1.35. The summed E-state index contributed by atoms with van der Waals surface area (Å²) in [4.78, 5) is 0. The molecule has 1 aliphatic heterocycles. The third kappa shape index (κ3) is 0.962. The van der Waals surface area contributed by atoms with Gasteiger partial charge in [0.1, 0.15) is 6.54 Å². The molecular weight excluding hydrogens is 122 g/mol. The van der Waals surface area contributed by atoms with Gasteiger partial charge in [-0.15, -0.1) is 0 Å². The lowest BCUT2D eigenvalue weighted by Crippen LogP contribution is -2.15. The second kappa shape index (κ2) is 2.49. The predicted octanol–water partition coefficient (Wildman–Crippen LogP) is 1.87. The summed E-state index contributed by atoms with van der Waals surface area (Å²) in [5.41, 5.74) is 1.45. The third-order valence-electron chi connectivity index (χ3n) is 2.26. The Labute approximate surface area is 61.8 Å². The van der Waals surface area contributed by atoms with Crippen molar-refractivity contribution >= 4 is 0 Å². The van der Waals surface area contributed by atoms with Gasteiger partial charge in [-0.2, -0.15) is 0 Å². The normalized spacial score (nSPS) is 25.0. The van der Waals surface area contributed by atoms with E-state index in [0.717, 1.165) is 5.92 Å². The summed E-state index contributed by atoms with van der Waals surface area (Å²) in [6.45, 7) is 2.99. The molecule has 0 saturated heterocycles. The summed E-state index contributed by atoms with van der Waals surface area (Å²) in [5, 5.41) is 2.91. The van der Waals surface area contributed by atoms with Crippen LogP contribution in [0.3, 0.4) is 0 Å². The van der Waals surface area contributed by atoms with Crippen LogP contribution < -0.4 is 5.32 Å². The first-order valence-electron chi connectivity index (χ1n) is 3.84. The summed E-state index contributed by atoms with van der Waals surface area (Å²) in [6, 6.07) is 0. The Balaban J connectivity index is 2.01. The number of nitrogens with one attached hydrogen (secondary N) is 1. The standard InChI is InChI=1S/C9H11N/c1-2-8(3-1)9-4-6-10-7-5-9/h4-6,8,10H,1-3H2. The van der Waals surface area contributed by atoms with Gasteiger partial charge in [-0.25, -0.2) is 0 Å². The summed E-state index contributed by atoms with van der Waals surface area (Å²) in [5.74, 6) is 0.839. The molecule has 1 aliphatic carbocycles. The zero-order valence-corrected chi connectivity index (χ0v) is 5.93. The minimum atomic E-state index is 0.839. The van der Waals surface area contributed by atoms with E-state index in [-0.39, 0.29) is 0 Å². The van der Waals surface area contributed by atoms with E-state index in [9.17, 15) is 0 Å². The van der Waals surface area contributed by atoms with Gasteiger partial charge in [0.05, 0.1) is 0 Å². The monoisotopic (exact) mass is 133 g/mol. The van der Waals surface area contributed by atoms with Gasteiger partial charge in [-0.3, -0.25) is 0 Å². The van der Waals surface area contributed by atoms with Crippen LogP contribution in [0.1, 0.15) is 19.3 Å². The molecule has 0 spiro atoms. The number of rotatable bonds is 1. The van der Waals surface area contributed by atoms with Crippen LogP contribution >= 0.6 is 0 Å². The van der Waals surface area contributed by atoms with E-state index in [2.05, 4.69) is 24.0 Å². The second-order valence-electron chi connectivity index (χ2n) is 2.89. The van der Waals surface area contributed by atoms with Gasteiger partial charge in [0.25, 0.3) is 0 Å². The van der Waals surface area contributed by atoms with Crippen LogP contribution in [-0.2, 0) is 0 Å². The van der Waals surface area contributed by atoms with Crippen molar-refractivity contribution < 1.29 is 0 Å². The van der Waals surface area contributed by atoms with Crippen molar-refractivity contribution in [3.05, 3.63) is 30.5 Å². The molecule has 1 nitrogen and oxygen atoms in total. The maximum Gasteiger partial charge on any atom is 0.115 e. The second-order valence-corrected chi connectivity index (χ2v) is 2.89. The average Bonchev–Trinajstić information content (AvgIpc) is 1.86. The Hall–Kier alpha value is -0.720. The molecule has 0 aromatic carbocycles. The fourth-order valence-electron chi connectivity index (χ4n) is 1.35. The first-order chi connectivity index (χ1) is 4.97. The Morgan fingerprint density at radius 2 is 2.40 bits per heavy atom. The Morgan fingerprint density at radius 3 is 2.90 bits per heavy atom. The van der Waals surface area contributed by atoms with Crippen molar-refractivity contribution in [1.82, 2.24) is 5.32 Å². The van der Waals surface area contributed by atoms with Crippen molar-refractivity contribution in [3.63, 3.8) is 0 Å². The van der Waals surface area contributed by atoms with E-state index in [0.29, 0.717) is 0 Å². The quantitative estimate of drug-likeness (QED) is 0.575. The minimum Gasteiger partial charge on any atom is -0.377 e. The summed E-state index contributed by atoms with van der Waals surface area (Å²) >= 11 is 0. The van der Waals surface area contributed by atoms with E-state index in [1.54, 1.807) is 0 Å². The zero-order valence-electron chi connectivity index (χ0n) is 5.93. The molecule has 2 aliphatic rings. The first-order valence-corrected chi connectivity index (χ1v) is 3.84. The fraction of sp³-hybridized carbons (Fsp3) is 0.444. The average molecular weight is 133 g/mol. The van der Waals surface area contributed by atoms with E-state index in [1.165, 1.54) is 24.8 Å². The maximum absolute atomic E-state index is 2.99. The van der Waals surface area contributed by atoms with Crippen LogP contribution in [-0.4, -0.2) is 0 Å². The van der Waals surface area contributed by atoms with E-state index < -0.39 is 0 Å². The number of hydrogen-bond acceptors (Lipinski definition) is 1. The molecule has 10 heavy (non-hydrogen) atoms. The van der Waals surface area contributed by atoms with Gasteiger partial charge in [-0.05, 0) is 36.6 Å². The summed E-state index contributed by atoms with van der Waals surface area (Å²) in [6.07, 6.45) is 10.3. The molecule has 2 rings (SSSR count). The Morgan fingerprint density at radius 1 is 1.50 bits per heavy atom. The molecule has 0 aromatic heterocycles. The molecule has 0 atom stereocenters. The van der Waals surface area contributed by atoms with Gasteiger partial charge in [0.2, 0.25) is 0 Å². The van der Waals surface area contributed by atoms with Crippen LogP contribution in [0.25, 0.3) is 0 Å². The molecule has 1 heterocycles. The molecule has 0 amide bonds. The lowest BCUT2D eigenvalue weighted by Gasteiger charge is -2.27. The van der Waals surface area contributed by atoms with Crippen LogP contribution in [0.15, 0.2) is 23.9 Å². The molecule has 52 valence electrons. The highest BCUT2D eigenvalue weighted by Gasteiger charge is 2.20. The molecule has 0 bridgehead atoms. The van der Waals surface area contributed by atoms with Crippen molar-refractivity contribution in [2.24, 2.45) is 5.92 Å². The lowest BCUT2D eigenvalue weighted by atomic mass is 9.79. The number of hydrogen-bond donors (Lipinski definition) is 1. The van der Waals surface area contributed by atoms with Crippen molar-refractivity contribution in [2.75, 3.05) is 0 Å². The molecule has 1 heteroatoms. The van der Waals surface area contributed by atoms with Gasteiger partial charge in [0.15, 0.2) is 0 Å². The molecule has 2 radical (unpaired) electrons. The number of dihydropyridines is 1. The molecule has 0 aromatic rings. The van der Waals surface area contributed by atoms with E-state index >= 15 is 0 Å². The Kier molecular flexibility index (Phi) is 1.50. The van der Waals surface area contributed by atoms with Crippen molar-refractivity contribution in [3.8, 4) is 0 Å². The van der Waals surface area contributed by atoms with Crippen molar-refractivity contribution in [2.45, 2.75) is 19.3 Å². The van der Waals surface area contributed by atoms with Crippen LogP contribution in [0.5, 0.6) is 0 Å². The first kappa shape index (κ1) is 6.02. The highest BCUT2D eigenvalue weighted by molar-refractivity contribution is 5.28. The van der Waals surface area contributed by atoms with Crippen molar-refractivity contribution in [1.29, 1.82) is 0 Å². The van der Waals surface area contributed by atoms with Gasteiger partial charge in [-0.1, -0.05) is 12.5 Å². The molecule has 1 N–H and O–H groups in total. The van der Waals surface area contributed by atoms with Crippen LogP contribution in [0.4, 0.5) is 0 Å². The van der Waals surface area contributed by atoms with Gasteiger partial charge < -0.3 is 5.32 Å². The lowest BCUT2D eigenvalue weighted by molar-refractivity contribution is 0.373. The maximum atomic E-state index is 2.99. The van der Waals surface area contributed by atoms with Crippen LogP contribution in [0.2, 0.25) is 0 Å². The molecule has 0 unspecified atom stereocenters. The molecule has 1 saturated carbocycles. The minimum absolute atomic E-state index is 0.839. The summed E-state index contributed by atoms with van der Waals surface area (Å²) < 4.78 is 0. The Bertz CT molecular complexity index is 175. The predicted molar refractivity (Wildman–Crippen MR) is 40.9 cm³/mol. The topological polar surface area (TPSA) is 12.0 Å². The number of allylic oxidation sites excluding steroid dienone is 2.